The summed E-state index contributed by atoms with van der Waals surface area (Å²) < 4.78 is 21.9. The minimum atomic E-state index is -2.59. The fraction of sp³-hybridized carbons (Fsp3) is 0.111. The van der Waals surface area contributed by atoms with E-state index >= 15 is 0 Å². The monoisotopic (exact) mass is 266 g/mol. The number of nitrogens with zero attached hydrogens (tertiary/aromatic N) is 3. The molecule has 1 amide bonds. The highest BCUT2D eigenvalue weighted by Gasteiger charge is 2.40. The lowest BCUT2D eigenvalue weighted by Crippen LogP contribution is -2.52. The predicted octanol–water partition coefficient (Wildman–Crippen LogP) is -0.342. The van der Waals surface area contributed by atoms with Crippen molar-refractivity contribution in [2.75, 3.05) is 5.01 Å². The third-order valence-corrected chi connectivity index (χ3v) is 3.29. The fourth-order valence-corrected chi connectivity index (χ4v) is 2.33. The number of amides is 1. The van der Waals surface area contributed by atoms with Gasteiger partial charge in [-0.3, -0.25) is 4.79 Å². The van der Waals surface area contributed by atoms with E-state index in [1.807, 2.05) is 0 Å². The first-order valence-electron chi connectivity index (χ1n) is 4.89. The van der Waals surface area contributed by atoms with Crippen LogP contribution in [0.25, 0.3) is 0 Å². The Bertz CT molecular complexity index is 716. The maximum Gasteiger partial charge on any atom is 0.255 e. The summed E-state index contributed by atoms with van der Waals surface area (Å²) >= 11 is 0. The molecule has 0 radical (unpaired) electrons. The first-order valence-corrected chi connectivity index (χ1v) is 5.97. The van der Waals surface area contributed by atoms with E-state index in [-0.39, 0.29) is 22.0 Å². The van der Waals surface area contributed by atoms with Gasteiger partial charge in [-0.15, -0.1) is 5.11 Å². The first-order chi connectivity index (χ1) is 8.59. The highest BCUT2D eigenvalue weighted by atomic mass is 32.2. The molecule has 0 spiro atoms. The van der Waals surface area contributed by atoms with Crippen LogP contribution in [0, 0.1) is 0 Å². The van der Waals surface area contributed by atoms with E-state index in [1.54, 1.807) is 0 Å². The van der Waals surface area contributed by atoms with Crippen LogP contribution in [0.4, 0.5) is 5.69 Å². The Balaban J connectivity index is 2.25. The molecule has 0 bridgehead atoms. The van der Waals surface area contributed by atoms with Crippen LogP contribution in [0.5, 0.6) is 5.75 Å². The van der Waals surface area contributed by atoms with Crippen molar-refractivity contribution in [3.8, 4) is 5.75 Å². The molecule has 2 heterocycles. The Hall–Kier alpha value is -2.42. The van der Waals surface area contributed by atoms with Crippen molar-refractivity contribution in [1.29, 1.82) is 0 Å². The van der Waals surface area contributed by atoms with Gasteiger partial charge in [0.1, 0.15) is 11.4 Å². The van der Waals surface area contributed by atoms with Gasteiger partial charge in [0.05, 0.1) is 5.56 Å². The number of benzene rings is 1. The van der Waals surface area contributed by atoms with Crippen molar-refractivity contribution in [1.82, 2.24) is 5.32 Å². The molecule has 92 valence electrons. The summed E-state index contributed by atoms with van der Waals surface area (Å²) in [4.78, 5) is 11.5. The molecule has 0 aliphatic carbocycles. The lowest BCUT2D eigenvalue weighted by molar-refractivity contribution is 0.0939. The van der Waals surface area contributed by atoms with Gasteiger partial charge >= 0.3 is 0 Å². The summed E-state index contributed by atoms with van der Waals surface area (Å²) in [5, 5.41) is 20.5. The second-order valence-electron chi connectivity index (χ2n) is 3.66. The van der Waals surface area contributed by atoms with Crippen LogP contribution >= 0.6 is 0 Å². The van der Waals surface area contributed by atoms with E-state index in [1.165, 1.54) is 18.2 Å². The molecule has 2 aliphatic rings. The standard InChI is InChI=1S/C9H6N4O4S/c14-5-3-1-2-4-6(5)13-7(10-8(4)15)9(11-12-13)18(16)17/h1-3,7,14H,(H,10,15). The van der Waals surface area contributed by atoms with Crippen LogP contribution in [-0.2, 0) is 10.3 Å². The third-order valence-electron chi connectivity index (χ3n) is 2.65. The number of carbonyl (C=O) groups excluding carboxylic acids is 1. The number of nitrogens with one attached hydrogen (secondary N) is 1. The highest BCUT2D eigenvalue weighted by molar-refractivity contribution is 7.73. The van der Waals surface area contributed by atoms with Gasteiger partial charge in [0.2, 0.25) is 15.3 Å². The van der Waals surface area contributed by atoms with Crippen molar-refractivity contribution in [3.63, 3.8) is 0 Å². The number of carbonyl (C=O) groups is 1. The molecule has 2 aliphatic heterocycles. The van der Waals surface area contributed by atoms with E-state index in [4.69, 9.17) is 0 Å². The zero-order valence-electron chi connectivity index (χ0n) is 8.73. The van der Waals surface area contributed by atoms with Crippen molar-refractivity contribution >= 4 is 26.9 Å². The molecule has 1 aromatic rings. The Labute approximate surface area is 102 Å². The van der Waals surface area contributed by atoms with Gasteiger partial charge in [-0.05, 0) is 12.1 Å². The topological polar surface area (TPSA) is 111 Å². The molecule has 0 saturated carbocycles. The molecule has 2 N–H and O–H groups in total. The summed E-state index contributed by atoms with van der Waals surface area (Å²) in [7, 11) is -2.59. The third kappa shape index (κ3) is 1.31. The molecule has 1 aromatic carbocycles. The maximum atomic E-state index is 11.8. The molecule has 8 nitrogen and oxygen atoms in total. The van der Waals surface area contributed by atoms with E-state index in [0.29, 0.717) is 0 Å². The van der Waals surface area contributed by atoms with E-state index < -0.39 is 22.4 Å². The summed E-state index contributed by atoms with van der Waals surface area (Å²) in [6.45, 7) is 0. The lowest BCUT2D eigenvalue weighted by Gasteiger charge is -2.29. The van der Waals surface area contributed by atoms with Gasteiger partial charge in [-0.1, -0.05) is 11.3 Å². The Kier molecular flexibility index (Phi) is 2.10. The number of hydrogen-bond acceptors (Lipinski definition) is 6. The van der Waals surface area contributed by atoms with Crippen LogP contribution in [0.1, 0.15) is 10.4 Å². The van der Waals surface area contributed by atoms with E-state index in [0.717, 1.165) is 5.01 Å². The van der Waals surface area contributed by atoms with Crippen LogP contribution in [0.15, 0.2) is 28.5 Å². The van der Waals surface area contributed by atoms with Gasteiger partial charge in [0.15, 0.2) is 6.17 Å². The van der Waals surface area contributed by atoms with Gasteiger partial charge < -0.3 is 10.4 Å². The van der Waals surface area contributed by atoms with Gasteiger partial charge in [-0.25, -0.2) is 5.01 Å². The molecule has 0 aromatic heterocycles. The quantitative estimate of drug-likeness (QED) is 0.624. The number of aromatic hydroxyl groups is 1. The minimum Gasteiger partial charge on any atom is -0.506 e. The molecule has 1 atom stereocenters. The van der Waals surface area contributed by atoms with Crippen molar-refractivity contribution in [2.24, 2.45) is 10.3 Å². The number of phenols is 1. The number of rotatable bonds is 0. The van der Waals surface area contributed by atoms with Crippen molar-refractivity contribution in [2.45, 2.75) is 6.17 Å². The van der Waals surface area contributed by atoms with Gasteiger partial charge in [0, 0.05) is 0 Å². The SMILES string of the molecule is O=C1NC2C(=S(=O)=O)N=NN2c2c(O)cccc21. The van der Waals surface area contributed by atoms with Crippen LogP contribution in [0.3, 0.4) is 0 Å². The summed E-state index contributed by atoms with van der Waals surface area (Å²) in [5.74, 6) is -0.651. The van der Waals surface area contributed by atoms with Crippen molar-refractivity contribution in [3.05, 3.63) is 23.8 Å². The number of hydrogen-bond donors (Lipinski definition) is 2. The van der Waals surface area contributed by atoms with E-state index in [9.17, 15) is 18.3 Å². The minimum absolute atomic E-state index is 0.149. The number of phenolic OH excluding ortho intramolecular Hbond substituents is 1. The second kappa shape index (κ2) is 3.53. The molecule has 0 saturated heterocycles. The number of para-hydroxylation sites is 1. The normalized spacial score (nSPS) is 20.4. The zero-order valence-corrected chi connectivity index (χ0v) is 9.55. The van der Waals surface area contributed by atoms with Crippen LogP contribution in [-0.4, -0.2) is 30.6 Å². The molecular weight excluding hydrogens is 260 g/mol. The van der Waals surface area contributed by atoms with Crippen LogP contribution in [0.2, 0.25) is 0 Å². The number of fused-ring (bicyclic) bond motifs is 3. The summed E-state index contributed by atoms with van der Waals surface area (Å²) in [5.41, 5.74) is 0.360. The molecule has 18 heavy (non-hydrogen) atoms. The smallest absolute Gasteiger partial charge is 0.255 e. The first kappa shape index (κ1) is 10.7. The summed E-state index contributed by atoms with van der Waals surface area (Å²) in [6, 6.07) is 4.40. The predicted molar refractivity (Wildman–Crippen MR) is 60.6 cm³/mol. The summed E-state index contributed by atoms with van der Waals surface area (Å²) in [6.07, 6.45) is -1.00. The molecule has 0 fully saturated rings. The largest absolute Gasteiger partial charge is 0.506 e. The van der Waals surface area contributed by atoms with Gasteiger partial charge in [-0.2, -0.15) is 8.42 Å². The second-order valence-corrected chi connectivity index (χ2v) is 4.54. The maximum absolute atomic E-state index is 11.8. The average Bonchev–Trinajstić information content (AvgIpc) is 2.73. The Morgan fingerprint density at radius 1 is 1.39 bits per heavy atom. The number of anilines is 1. The molecular formula is C9H6N4O4S. The Morgan fingerprint density at radius 3 is 2.89 bits per heavy atom. The highest BCUT2D eigenvalue weighted by Crippen LogP contribution is 2.37. The zero-order chi connectivity index (χ0) is 12.9. The van der Waals surface area contributed by atoms with Crippen LogP contribution < -0.4 is 10.3 Å². The van der Waals surface area contributed by atoms with E-state index in [2.05, 4.69) is 15.7 Å². The lowest BCUT2D eigenvalue weighted by atomic mass is 10.1. The van der Waals surface area contributed by atoms with Gasteiger partial charge in [0.25, 0.3) is 5.91 Å². The Morgan fingerprint density at radius 2 is 2.17 bits per heavy atom. The molecule has 9 heteroatoms. The average molecular weight is 266 g/mol. The molecule has 1 unspecified atom stereocenters. The van der Waals surface area contributed by atoms with Crippen molar-refractivity contribution < 1.29 is 18.3 Å². The molecule has 3 rings (SSSR count). The fourth-order valence-electron chi connectivity index (χ4n) is 1.88.